The fourth-order valence-corrected chi connectivity index (χ4v) is 7.69. The highest BCUT2D eigenvalue weighted by Gasteiger charge is 2.56. The molecule has 3 atom stereocenters. The summed E-state index contributed by atoms with van der Waals surface area (Å²) in [6, 6.07) is 20.1. The number of H-pyrrole nitrogens is 1. The van der Waals surface area contributed by atoms with Crippen molar-refractivity contribution in [3.8, 4) is 11.5 Å². The molecular weight excluding hydrogens is 618 g/mol. The molecular formula is C28H20BrN3O6S2. The number of benzene rings is 3. The normalized spacial score (nSPS) is 19.7. The van der Waals surface area contributed by atoms with E-state index in [0.717, 1.165) is 15.8 Å². The fraction of sp³-hybridized carbons (Fsp3) is 0.143. The zero-order chi connectivity index (χ0) is 28.0. The molecule has 3 heterocycles. The van der Waals surface area contributed by atoms with Crippen molar-refractivity contribution in [3.63, 3.8) is 0 Å². The van der Waals surface area contributed by atoms with Crippen LogP contribution in [0.2, 0.25) is 0 Å². The number of carbonyl (C=O) groups excluding carboxylic acids is 3. The molecule has 6 rings (SSSR count). The predicted molar refractivity (Wildman–Crippen MR) is 155 cm³/mol. The van der Waals surface area contributed by atoms with Crippen LogP contribution in [0.25, 0.3) is 0 Å². The maximum absolute atomic E-state index is 13.8. The van der Waals surface area contributed by atoms with Gasteiger partial charge in [0.25, 0.3) is 5.91 Å². The highest BCUT2D eigenvalue weighted by molar-refractivity contribution is 9.10. The number of aromatic amines is 1. The number of hydrogen-bond donors (Lipinski definition) is 3. The lowest BCUT2D eigenvalue weighted by Crippen LogP contribution is -2.32. The van der Waals surface area contributed by atoms with Gasteiger partial charge < -0.3 is 20.1 Å². The van der Waals surface area contributed by atoms with Crippen LogP contribution in [0.4, 0.5) is 11.4 Å². The predicted octanol–water partition coefficient (Wildman–Crippen LogP) is 4.72. The van der Waals surface area contributed by atoms with Crippen molar-refractivity contribution in [1.29, 1.82) is 0 Å². The number of phenolic OH excluding ortho intramolecular Hbond substituents is 1. The summed E-state index contributed by atoms with van der Waals surface area (Å²) in [6.07, 6.45) is 0. The molecule has 202 valence electrons. The second-order valence-electron chi connectivity index (χ2n) is 9.19. The molecule has 2 aliphatic rings. The molecule has 3 N–H and O–H groups in total. The van der Waals surface area contributed by atoms with Gasteiger partial charge in [0.05, 0.1) is 16.6 Å². The number of fused-ring (bicyclic) bond motifs is 2. The van der Waals surface area contributed by atoms with Gasteiger partial charge in [0, 0.05) is 21.0 Å². The topological polar surface area (TPSA) is 129 Å². The van der Waals surface area contributed by atoms with Crippen LogP contribution in [0.15, 0.2) is 87.1 Å². The number of carbonyl (C=O) groups is 3. The number of halogens is 1. The van der Waals surface area contributed by atoms with E-state index in [1.165, 1.54) is 28.8 Å². The maximum Gasteiger partial charge on any atom is 0.305 e. The maximum atomic E-state index is 13.8. The fourth-order valence-electron chi connectivity index (χ4n) is 4.91. The Morgan fingerprint density at radius 2 is 1.77 bits per heavy atom. The highest BCUT2D eigenvalue weighted by Crippen LogP contribution is 2.53. The van der Waals surface area contributed by atoms with Gasteiger partial charge in [0.2, 0.25) is 11.8 Å². The van der Waals surface area contributed by atoms with Crippen LogP contribution in [0.3, 0.4) is 0 Å². The molecule has 0 spiro atoms. The molecule has 40 heavy (non-hydrogen) atoms. The molecule has 0 aliphatic carbocycles. The molecule has 1 saturated heterocycles. The summed E-state index contributed by atoms with van der Waals surface area (Å²) in [6.45, 7) is -0.269. The minimum absolute atomic E-state index is 0.0902. The van der Waals surface area contributed by atoms with Gasteiger partial charge in [-0.3, -0.25) is 19.2 Å². The van der Waals surface area contributed by atoms with Crippen molar-refractivity contribution < 1.29 is 24.2 Å². The molecule has 2 aliphatic heterocycles. The van der Waals surface area contributed by atoms with E-state index >= 15 is 0 Å². The average Bonchev–Trinajstić information content (AvgIpc) is 3.43. The van der Waals surface area contributed by atoms with Gasteiger partial charge in [0.1, 0.15) is 16.7 Å². The third-order valence-electron chi connectivity index (χ3n) is 6.65. The second-order valence-corrected chi connectivity index (χ2v) is 12.3. The van der Waals surface area contributed by atoms with Crippen LogP contribution < -0.4 is 19.8 Å². The number of imide groups is 1. The van der Waals surface area contributed by atoms with E-state index in [0.29, 0.717) is 32.6 Å². The van der Waals surface area contributed by atoms with Crippen LogP contribution >= 0.6 is 39.0 Å². The largest absolute Gasteiger partial charge is 0.508 e. The van der Waals surface area contributed by atoms with Crippen molar-refractivity contribution in [2.24, 2.45) is 5.92 Å². The third kappa shape index (κ3) is 4.93. The molecule has 0 bridgehead atoms. The first kappa shape index (κ1) is 26.4. The van der Waals surface area contributed by atoms with Crippen LogP contribution in [0, 0.1) is 5.92 Å². The van der Waals surface area contributed by atoms with E-state index < -0.39 is 23.0 Å². The van der Waals surface area contributed by atoms with E-state index in [1.54, 1.807) is 54.6 Å². The molecule has 4 aromatic rings. The Labute approximate surface area is 244 Å². The van der Waals surface area contributed by atoms with Gasteiger partial charge in [0.15, 0.2) is 6.61 Å². The Kier molecular flexibility index (Phi) is 6.99. The summed E-state index contributed by atoms with van der Waals surface area (Å²) < 4.78 is 6.58. The summed E-state index contributed by atoms with van der Waals surface area (Å²) in [4.78, 5) is 56.6. The number of hydrogen-bond acceptors (Lipinski definition) is 8. The van der Waals surface area contributed by atoms with Gasteiger partial charge in [-0.25, -0.2) is 4.90 Å². The van der Waals surface area contributed by atoms with Crippen molar-refractivity contribution in [1.82, 2.24) is 4.98 Å². The van der Waals surface area contributed by atoms with Gasteiger partial charge >= 0.3 is 4.87 Å². The second kappa shape index (κ2) is 10.6. The first-order valence-corrected chi connectivity index (χ1v) is 14.6. The van der Waals surface area contributed by atoms with E-state index in [1.807, 2.05) is 6.07 Å². The Morgan fingerprint density at radius 3 is 2.52 bits per heavy atom. The van der Waals surface area contributed by atoms with E-state index in [4.69, 9.17) is 4.74 Å². The van der Waals surface area contributed by atoms with E-state index in [2.05, 4.69) is 26.2 Å². The zero-order valence-corrected chi connectivity index (χ0v) is 23.7. The Bertz CT molecular complexity index is 1690. The number of aromatic nitrogens is 1. The molecule has 12 heteroatoms. The number of nitrogens with one attached hydrogen (secondary N) is 2. The first-order valence-electron chi connectivity index (χ1n) is 12.1. The summed E-state index contributed by atoms with van der Waals surface area (Å²) >= 11 is 5.62. The molecule has 0 unspecified atom stereocenters. The van der Waals surface area contributed by atoms with Gasteiger partial charge in [-0.2, -0.15) is 0 Å². The van der Waals surface area contributed by atoms with Crippen LogP contribution in [-0.2, 0) is 14.4 Å². The number of aromatic hydroxyl groups is 1. The number of phenols is 1. The lowest BCUT2D eigenvalue weighted by atomic mass is 9.83. The lowest BCUT2D eigenvalue weighted by molar-refractivity contribution is -0.122. The number of thioether (sulfide) groups is 1. The van der Waals surface area contributed by atoms with E-state index in [-0.39, 0.29) is 29.0 Å². The number of thiazole rings is 1. The third-order valence-corrected chi connectivity index (χ3v) is 9.58. The number of ether oxygens (including phenoxy) is 1. The molecule has 1 fully saturated rings. The number of nitrogens with zero attached hydrogens (tertiary/aromatic N) is 1. The van der Waals surface area contributed by atoms with Crippen LogP contribution in [0.1, 0.15) is 16.4 Å². The zero-order valence-electron chi connectivity index (χ0n) is 20.5. The minimum atomic E-state index is -0.729. The summed E-state index contributed by atoms with van der Waals surface area (Å²) in [5, 5.41) is 12.0. The number of anilines is 2. The summed E-state index contributed by atoms with van der Waals surface area (Å²) in [7, 11) is 0. The minimum Gasteiger partial charge on any atom is -0.508 e. The van der Waals surface area contributed by atoms with Gasteiger partial charge in [-0.05, 0) is 66.2 Å². The Balaban J connectivity index is 1.28. The highest BCUT2D eigenvalue weighted by atomic mass is 79.9. The molecule has 3 amide bonds. The summed E-state index contributed by atoms with van der Waals surface area (Å²) in [5.41, 5.74) is 1.70. The van der Waals surface area contributed by atoms with Gasteiger partial charge in [-0.15, -0.1) is 0 Å². The standard InChI is InChI=1S/C28H20BrN3O6S2/c29-15-4-8-17(9-5-15)32-26(35)22-21(23-25(31-28(37)40-23)39-24(22)27(32)36)14-2-1-3-19(12-14)38-13-20(34)30-16-6-10-18(33)11-7-16/h1-12,21-22,24,33H,13H2,(H,30,34)(H,31,37)/t21-,22-,24+/m0/s1. The molecule has 3 aromatic carbocycles. The molecule has 0 radical (unpaired) electrons. The van der Waals surface area contributed by atoms with Crippen molar-refractivity contribution in [3.05, 3.63) is 97.4 Å². The molecule has 9 nitrogen and oxygen atoms in total. The first-order chi connectivity index (χ1) is 19.3. The SMILES string of the molecule is O=C(COc1cccc([C@@H]2c3sc(=O)[nH]c3S[C@H]3C(=O)N(c4ccc(Br)cc4)C(=O)[C@@H]23)c1)Nc1ccc(O)cc1. The smallest absolute Gasteiger partial charge is 0.305 e. The van der Waals surface area contributed by atoms with E-state index in [9.17, 15) is 24.3 Å². The van der Waals surface area contributed by atoms with Gasteiger partial charge in [-0.1, -0.05) is 51.2 Å². The van der Waals surface area contributed by atoms with Crippen molar-refractivity contribution in [2.45, 2.75) is 16.2 Å². The van der Waals surface area contributed by atoms with Crippen LogP contribution in [-0.4, -0.2) is 39.7 Å². The van der Waals surface area contributed by atoms with Crippen LogP contribution in [0.5, 0.6) is 11.5 Å². The molecule has 0 saturated carbocycles. The Hall–Kier alpha value is -3.87. The number of amides is 3. The molecule has 1 aromatic heterocycles. The van der Waals surface area contributed by atoms with Crippen molar-refractivity contribution in [2.75, 3.05) is 16.8 Å². The summed E-state index contributed by atoms with van der Waals surface area (Å²) in [5.74, 6) is -1.85. The lowest BCUT2D eigenvalue weighted by Gasteiger charge is -2.30. The number of rotatable bonds is 6. The average molecular weight is 639 g/mol. The quantitative estimate of drug-likeness (QED) is 0.206. The van der Waals surface area contributed by atoms with Crippen molar-refractivity contribution >= 4 is 68.1 Å². The Morgan fingerprint density at radius 1 is 1.02 bits per heavy atom. The monoisotopic (exact) mass is 637 g/mol.